The lowest BCUT2D eigenvalue weighted by Gasteiger charge is -2.08. The number of hydrogen-bond donors (Lipinski definition) is 2. The fourth-order valence-electron chi connectivity index (χ4n) is 3.15. The van der Waals surface area contributed by atoms with E-state index in [9.17, 15) is 4.79 Å². The number of nitrogens with one attached hydrogen (secondary N) is 2. The fraction of sp³-hybridized carbons (Fsp3) is 0.111. The second-order valence-corrected chi connectivity index (χ2v) is 6.26. The quantitative estimate of drug-likeness (QED) is 0.595. The molecule has 1 amide bonds. The number of anilines is 3. The summed E-state index contributed by atoms with van der Waals surface area (Å²) in [5.41, 5.74) is 5.48. The lowest BCUT2D eigenvalue weighted by molar-refractivity contribution is -0.115. The Balaban J connectivity index is 1.50. The molecule has 4 aromatic rings. The Kier molecular flexibility index (Phi) is 3.05. The Bertz CT molecular complexity index is 1160. The van der Waals surface area contributed by atoms with Crippen LogP contribution in [-0.2, 0) is 18.3 Å². The third kappa shape index (κ3) is 2.39. The van der Waals surface area contributed by atoms with Gasteiger partial charge in [-0.1, -0.05) is 6.07 Å². The highest BCUT2D eigenvalue weighted by Crippen LogP contribution is 2.27. The number of amides is 1. The molecule has 0 saturated carbocycles. The molecule has 0 unspecified atom stereocenters. The van der Waals surface area contributed by atoms with E-state index in [2.05, 4.69) is 25.8 Å². The van der Waals surface area contributed by atoms with Gasteiger partial charge >= 0.3 is 0 Å². The van der Waals surface area contributed by atoms with Gasteiger partial charge in [0, 0.05) is 30.2 Å². The molecule has 128 valence electrons. The monoisotopic (exact) mass is 345 g/mol. The van der Waals surface area contributed by atoms with Crippen molar-refractivity contribution in [3.63, 3.8) is 0 Å². The molecule has 0 bridgehead atoms. The van der Waals surface area contributed by atoms with Crippen LogP contribution in [0.3, 0.4) is 0 Å². The number of rotatable bonds is 3. The minimum atomic E-state index is 0.0169. The van der Waals surface area contributed by atoms with Gasteiger partial charge in [0.05, 0.1) is 30.0 Å². The minimum Gasteiger partial charge on any atom is -0.325 e. The van der Waals surface area contributed by atoms with Crippen molar-refractivity contribution in [2.45, 2.75) is 6.42 Å². The fourth-order valence-corrected chi connectivity index (χ4v) is 3.15. The van der Waals surface area contributed by atoms with Crippen LogP contribution < -0.4 is 10.6 Å². The van der Waals surface area contributed by atoms with Crippen molar-refractivity contribution in [3.8, 4) is 11.3 Å². The zero-order chi connectivity index (χ0) is 17.7. The molecule has 0 spiro atoms. The average molecular weight is 345 g/mol. The standard InChI is InChI=1S/C18H15N7O/c1-24-10-12(8-20-24)16-5-4-14-9-19-18(23-25(14)16)21-13-3-2-11-6-17(26)22-15(11)7-13/h2-5,7-10H,6H2,1H3,(H,21,23)(H,22,26). The summed E-state index contributed by atoms with van der Waals surface area (Å²) in [7, 11) is 1.88. The number of hydrogen-bond acceptors (Lipinski definition) is 5. The van der Waals surface area contributed by atoms with E-state index in [1.54, 1.807) is 17.1 Å². The largest absolute Gasteiger partial charge is 0.325 e. The second-order valence-electron chi connectivity index (χ2n) is 6.26. The normalized spacial score (nSPS) is 13.0. The summed E-state index contributed by atoms with van der Waals surface area (Å²) < 4.78 is 3.59. The first-order valence-electron chi connectivity index (χ1n) is 8.19. The summed E-state index contributed by atoms with van der Waals surface area (Å²) in [4.78, 5) is 15.9. The lowest BCUT2D eigenvalue weighted by atomic mass is 10.1. The second kappa shape index (κ2) is 5.41. The Hall–Kier alpha value is -3.68. The molecule has 8 nitrogen and oxygen atoms in total. The van der Waals surface area contributed by atoms with Crippen molar-refractivity contribution in [3.05, 3.63) is 54.5 Å². The van der Waals surface area contributed by atoms with Crippen LogP contribution in [-0.4, -0.2) is 30.3 Å². The van der Waals surface area contributed by atoms with E-state index < -0.39 is 0 Å². The summed E-state index contributed by atoms with van der Waals surface area (Å²) in [6.07, 6.45) is 5.95. The van der Waals surface area contributed by atoms with Crippen molar-refractivity contribution in [1.29, 1.82) is 0 Å². The van der Waals surface area contributed by atoms with Crippen molar-refractivity contribution < 1.29 is 4.79 Å². The van der Waals surface area contributed by atoms with Crippen LogP contribution in [0.4, 0.5) is 17.3 Å². The van der Waals surface area contributed by atoms with E-state index in [-0.39, 0.29) is 5.91 Å². The van der Waals surface area contributed by atoms with E-state index in [4.69, 9.17) is 0 Å². The summed E-state index contributed by atoms with van der Waals surface area (Å²) in [5, 5.41) is 14.9. The highest BCUT2D eigenvalue weighted by atomic mass is 16.1. The van der Waals surface area contributed by atoms with Crippen molar-refractivity contribution >= 4 is 28.7 Å². The van der Waals surface area contributed by atoms with Gasteiger partial charge in [-0.25, -0.2) is 9.50 Å². The summed E-state index contributed by atoms with van der Waals surface area (Å²) in [6, 6.07) is 9.72. The van der Waals surface area contributed by atoms with Crippen LogP contribution in [0.15, 0.2) is 48.9 Å². The topological polar surface area (TPSA) is 89.1 Å². The smallest absolute Gasteiger partial charge is 0.245 e. The Morgan fingerprint density at radius 3 is 2.96 bits per heavy atom. The Labute approximate surface area is 148 Å². The SMILES string of the molecule is Cn1cc(-c2ccc3cnc(Nc4ccc5c(c4)NC(=O)C5)nn23)cn1. The maximum Gasteiger partial charge on any atom is 0.245 e. The number of aryl methyl sites for hydroxylation is 1. The van der Waals surface area contributed by atoms with Crippen molar-refractivity contribution in [2.75, 3.05) is 10.6 Å². The number of fused-ring (bicyclic) bond motifs is 2. The molecule has 3 aromatic heterocycles. The molecule has 8 heteroatoms. The molecule has 5 rings (SSSR count). The van der Waals surface area contributed by atoms with Crippen LogP contribution in [0.5, 0.6) is 0 Å². The average Bonchev–Trinajstić information content (AvgIpc) is 3.31. The van der Waals surface area contributed by atoms with E-state index in [0.717, 1.165) is 33.7 Å². The molecule has 2 N–H and O–H groups in total. The molecular weight excluding hydrogens is 330 g/mol. The Morgan fingerprint density at radius 1 is 1.19 bits per heavy atom. The molecule has 0 aliphatic carbocycles. The third-order valence-electron chi connectivity index (χ3n) is 4.39. The van der Waals surface area contributed by atoms with Crippen LogP contribution in [0.2, 0.25) is 0 Å². The molecule has 0 radical (unpaired) electrons. The van der Waals surface area contributed by atoms with E-state index in [0.29, 0.717) is 12.4 Å². The molecule has 0 fully saturated rings. The molecule has 26 heavy (non-hydrogen) atoms. The summed E-state index contributed by atoms with van der Waals surface area (Å²) in [6.45, 7) is 0. The first-order valence-corrected chi connectivity index (χ1v) is 8.19. The summed E-state index contributed by atoms with van der Waals surface area (Å²) >= 11 is 0. The highest BCUT2D eigenvalue weighted by Gasteiger charge is 2.17. The third-order valence-corrected chi connectivity index (χ3v) is 4.39. The van der Waals surface area contributed by atoms with Crippen LogP contribution in [0.25, 0.3) is 16.8 Å². The Morgan fingerprint density at radius 2 is 2.12 bits per heavy atom. The van der Waals surface area contributed by atoms with Gasteiger partial charge in [-0.15, -0.1) is 5.10 Å². The first kappa shape index (κ1) is 14.6. The molecule has 0 saturated heterocycles. The number of carbonyl (C=O) groups is 1. The molecule has 0 atom stereocenters. The zero-order valence-electron chi connectivity index (χ0n) is 14.0. The first-order chi connectivity index (χ1) is 12.7. The predicted molar refractivity (Wildman–Crippen MR) is 97.2 cm³/mol. The number of aromatic nitrogens is 5. The molecule has 1 aliphatic heterocycles. The number of carbonyl (C=O) groups excluding carboxylic acids is 1. The molecule has 1 aromatic carbocycles. The summed E-state index contributed by atoms with van der Waals surface area (Å²) in [5.74, 6) is 0.492. The zero-order valence-corrected chi connectivity index (χ0v) is 14.0. The minimum absolute atomic E-state index is 0.0169. The molecule has 4 heterocycles. The van der Waals surface area contributed by atoms with Crippen LogP contribution in [0, 0.1) is 0 Å². The maximum absolute atomic E-state index is 11.5. The van der Waals surface area contributed by atoms with E-state index >= 15 is 0 Å². The molecule has 1 aliphatic rings. The highest BCUT2D eigenvalue weighted by molar-refractivity contribution is 5.99. The van der Waals surface area contributed by atoms with Crippen molar-refractivity contribution in [1.82, 2.24) is 24.4 Å². The lowest BCUT2D eigenvalue weighted by Crippen LogP contribution is -2.04. The van der Waals surface area contributed by atoms with E-state index in [1.165, 1.54) is 0 Å². The van der Waals surface area contributed by atoms with Gasteiger partial charge in [-0.2, -0.15) is 5.10 Å². The van der Waals surface area contributed by atoms with Gasteiger partial charge in [0.1, 0.15) is 0 Å². The van der Waals surface area contributed by atoms with Gasteiger partial charge in [-0.05, 0) is 29.8 Å². The number of nitrogens with zero attached hydrogens (tertiary/aromatic N) is 5. The maximum atomic E-state index is 11.5. The predicted octanol–water partition coefficient (Wildman–Crippen LogP) is 2.37. The molecular formula is C18H15N7O. The van der Waals surface area contributed by atoms with Gasteiger partial charge in [-0.3, -0.25) is 9.48 Å². The van der Waals surface area contributed by atoms with Gasteiger partial charge < -0.3 is 10.6 Å². The van der Waals surface area contributed by atoms with Crippen LogP contribution in [0.1, 0.15) is 5.56 Å². The van der Waals surface area contributed by atoms with E-state index in [1.807, 2.05) is 48.1 Å². The number of benzene rings is 1. The van der Waals surface area contributed by atoms with Crippen molar-refractivity contribution in [2.24, 2.45) is 7.05 Å². The van der Waals surface area contributed by atoms with Gasteiger partial charge in [0.15, 0.2) is 0 Å². The van der Waals surface area contributed by atoms with Crippen LogP contribution >= 0.6 is 0 Å². The van der Waals surface area contributed by atoms with Gasteiger partial charge in [0.2, 0.25) is 11.9 Å². The van der Waals surface area contributed by atoms with Gasteiger partial charge in [0.25, 0.3) is 0 Å².